The summed E-state index contributed by atoms with van der Waals surface area (Å²) in [6, 6.07) is 5.37. The van der Waals surface area contributed by atoms with Gasteiger partial charge in [-0.2, -0.15) is 0 Å². The van der Waals surface area contributed by atoms with E-state index in [1.54, 1.807) is 6.07 Å². The molecule has 1 aromatic rings. The van der Waals surface area contributed by atoms with E-state index in [4.69, 9.17) is 0 Å². The normalized spacial score (nSPS) is 30.4. The number of aromatic nitrogens is 1. The third-order valence-corrected chi connectivity index (χ3v) is 4.19. The van der Waals surface area contributed by atoms with Gasteiger partial charge in [0.15, 0.2) is 0 Å². The van der Waals surface area contributed by atoms with Crippen molar-refractivity contribution < 1.29 is 14.7 Å². The average Bonchev–Trinajstić information content (AvgIpc) is 2.98. The minimum atomic E-state index is -0.890. The largest absolute Gasteiger partial charge is 0.481 e. The van der Waals surface area contributed by atoms with Gasteiger partial charge in [0, 0.05) is 5.69 Å². The maximum atomic E-state index is 12.4. The van der Waals surface area contributed by atoms with Gasteiger partial charge in [-0.05, 0) is 37.3 Å². The molecule has 5 heteroatoms. The number of pyridine rings is 1. The van der Waals surface area contributed by atoms with Crippen molar-refractivity contribution in [2.45, 2.75) is 13.3 Å². The summed E-state index contributed by atoms with van der Waals surface area (Å²) < 4.78 is 0. The predicted molar refractivity (Wildman–Crippen MR) is 73.0 cm³/mol. The summed E-state index contributed by atoms with van der Waals surface area (Å²) >= 11 is 0. The van der Waals surface area contributed by atoms with Gasteiger partial charge in [0.2, 0.25) is 5.91 Å². The van der Waals surface area contributed by atoms with Gasteiger partial charge in [-0.3, -0.25) is 9.59 Å². The van der Waals surface area contributed by atoms with E-state index in [1.807, 2.05) is 31.2 Å². The zero-order valence-electron chi connectivity index (χ0n) is 11.1. The molecule has 2 aliphatic rings. The van der Waals surface area contributed by atoms with Gasteiger partial charge in [0.25, 0.3) is 0 Å². The van der Waals surface area contributed by atoms with Crippen LogP contribution in [0.2, 0.25) is 0 Å². The fraction of sp³-hybridized carbons (Fsp3) is 0.400. The molecule has 2 aliphatic carbocycles. The molecule has 3 rings (SSSR count). The van der Waals surface area contributed by atoms with Crippen LogP contribution in [0.5, 0.6) is 0 Å². The lowest BCUT2D eigenvalue weighted by Gasteiger charge is -2.23. The number of fused-ring (bicyclic) bond motifs is 2. The van der Waals surface area contributed by atoms with E-state index < -0.39 is 17.8 Å². The van der Waals surface area contributed by atoms with E-state index >= 15 is 0 Å². The van der Waals surface area contributed by atoms with Crippen molar-refractivity contribution in [1.82, 2.24) is 4.98 Å². The van der Waals surface area contributed by atoms with Gasteiger partial charge in [-0.1, -0.05) is 18.2 Å². The number of carbonyl (C=O) groups is 2. The molecular weight excluding hydrogens is 256 g/mol. The van der Waals surface area contributed by atoms with Crippen LogP contribution in [0.3, 0.4) is 0 Å². The smallest absolute Gasteiger partial charge is 0.307 e. The zero-order valence-corrected chi connectivity index (χ0v) is 11.1. The summed E-state index contributed by atoms with van der Waals surface area (Å²) in [4.78, 5) is 28.0. The number of allylic oxidation sites excluding steroid dienone is 2. The lowest BCUT2D eigenvalue weighted by Crippen LogP contribution is -2.36. The summed E-state index contributed by atoms with van der Waals surface area (Å²) in [5.41, 5.74) is 0.811. The number of aryl methyl sites for hydroxylation is 1. The third-order valence-electron chi connectivity index (χ3n) is 4.19. The highest BCUT2D eigenvalue weighted by atomic mass is 16.4. The first-order valence-corrected chi connectivity index (χ1v) is 6.72. The quantitative estimate of drug-likeness (QED) is 0.823. The molecule has 0 aromatic carbocycles. The van der Waals surface area contributed by atoms with Crippen LogP contribution < -0.4 is 5.32 Å². The first-order valence-electron chi connectivity index (χ1n) is 6.72. The summed E-state index contributed by atoms with van der Waals surface area (Å²) in [7, 11) is 0. The van der Waals surface area contributed by atoms with Crippen LogP contribution in [0.15, 0.2) is 30.4 Å². The Morgan fingerprint density at radius 2 is 1.95 bits per heavy atom. The summed E-state index contributed by atoms with van der Waals surface area (Å²) in [5.74, 6) is -1.75. The number of hydrogen-bond acceptors (Lipinski definition) is 3. The van der Waals surface area contributed by atoms with Gasteiger partial charge in [0.1, 0.15) is 5.82 Å². The number of aliphatic carboxylic acids is 1. The van der Waals surface area contributed by atoms with Crippen LogP contribution in [0, 0.1) is 30.6 Å². The van der Waals surface area contributed by atoms with Crippen LogP contribution in [-0.4, -0.2) is 22.0 Å². The minimum absolute atomic E-state index is 0.0151. The molecule has 4 unspecified atom stereocenters. The van der Waals surface area contributed by atoms with E-state index in [0.717, 1.165) is 12.1 Å². The number of carboxylic acids is 1. The Hall–Kier alpha value is -2.17. The number of hydrogen-bond donors (Lipinski definition) is 2. The van der Waals surface area contributed by atoms with E-state index in [-0.39, 0.29) is 17.7 Å². The van der Waals surface area contributed by atoms with E-state index in [0.29, 0.717) is 5.82 Å². The molecule has 0 spiro atoms. The molecule has 1 fully saturated rings. The fourth-order valence-corrected chi connectivity index (χ4v) is 3.34. The second kappa shape index (κ2) is 4.74. The highest BCUT2D eigenvalue weighted by Crippen LogP contribution is 2.48. The third kappa shape index (κ3) is 2.09. The monoisotopic (exact) mass is 272 g/mol. The maximum absolute atomic E-state index is 12.4. The van der Waals surface area contributed by atoms with Crippen LogP contribution in [0.4, 0.5) is 5.82 Å². The van der Waals surface area contributed by atoms with E-state index in [9.17, 15) is 14.7 Å². The number of nitrogens with one attached hydrogen (secondary N) is 1. The molecule has 1 amide bonds. The Bertz CT molecular complexity index is 597. The maximum Gasteiger partial charge on any atom is 0.307 e. The van der Waals surface area contributed by atoms with Crippen LogP contribution in [0.1, 0.15) is 12.1 Å². The first-order chi connectivity index (χ1) is 9.56. The molecular formula is C15H16N2O3. The number of amides is 1. The van der Waals surface area contributed by atoms with Crippen molar-refractivity contribution in [3.63, 3.8) is 0 Å². The van der Waals surface area contributed by atoms with Gasteiger partial charge in [-0.25, -0.2) is 4.98 Å². The zero-order chi connectivity index (χ0) is 14.3. The molecule has 1 heterocycles. The molecule has 104 valence electrons. The topological polar surface area (TPSA) is 79.3 Å². The predicted octanol–water partition coefficient (Wildman–Crippen LogP) is 1.85. The second-order valence-electron chi connectivity index (χ2n) is 5.49. The van der Waals surface area contributed by atoms with Crippen molar-refractivity contribution in [1.29, 1.82) is 0 Å². The molecule has 2 bridgehead atoms. The number of rotatable bonds is 3. The highest BCUT2D eigenvalue weighted by molar-refractivity contribution is 5.95. The Morgan fingerprint density at radius 1 is 1.25 bits per heavy atom. The van der Waals surface area contributed by atoms with Crippen molar-refractivity contribution in [2.24, 2.45) is 23.7 Å². The van der Waals surface area contributed by atoms with Crippen molar-refractivity contribution >= 4 is 17.7 Å². The average molecular weight is 272 g/mol. The number of anilines is 1. The summed E-state index contributed by atoms with van der Waals surface area (Å²) in [6.45, 7) is 1.84. The van der Waals surface area contributed by atoms with E-state index in [1.165, 1.54) is 0 Å². The standard InChI is InChI=1S/C15H16N2O3/c1-8-3-2-4-11(16-8)17-14(18)12-9-5-6-10(7-9)13(12)15(19)20/h2-6,9-10,12-13H,7H2,1H3,(H,19,20)(H,16,17,18). The minimum Gasteiger partial charge on any atom is -0.481 e. The first kappa shape index (κ1) is 12.8. The van der Waals surface area contributed by atoms with Crippen molar-refractivity contribution in [3.05, 3.63) is 36.0 Å². The fourth-order valence-electron chi connectivity index (χ4n) is 3.34. The molecule has 1 saturated carbocycles. The van der Waals surface area contributed by atoms with Crippen molar-refractivity contribution in [3.8, 4) is 0 Å². The molecule has 0 radical (unpaired) electrons. The summed E-state index contributed by atoms with van der Waals surface area (Å²) in [6.07, 6.45) is 4.66. The number of carboxylic acid groups (broad SMARTS) is 1. The molecule has 20 heavy (non-hydrogen) atoms. The molecule has 0 saturated heterocycles. The number of carbonyl (C=O) groups excluding carboxylic acids is 1. The SMILES string of the molecule is Cc1cccc(NC(=O)C2C3C=CC(C3)C2C(=O)O)n1. The van der Waals surface area contributed by atoms with Gasteiger partial charge >= 0.3 is 5.97 Å². The van der Waals surface area contributed by atoms with Crippen molar-refractivity contribution in [2.75, 3.05) is 5.32 Å². The van der Waals surface area contributed by atoms with Gasteiger partial charge < -0.3 is 10.4 Å². The van der Waals surface area contributed by atoms with Crippen LogP contribution in [0.25, 0.3) is 0 Å². The van der Waals surface area contributed by atoms with Crippen LogP contribution in [-0.2, 0) is 9.59 Å². The van der Waals surface area contributed by atoms with E-state index in [2.05, 4.69) is 10.3 Å². The molecule has 2 N–H and O–H groups in total. The lowest BCUT2D eigenvalue weighted by atomic mass is 9.82. The Kier molecular flexibility index (Phi) is 3.04. The van der Waals surface area contributed by atoms with Gasteiger partial charge in [-0.15, -0.1) is 0 Å². The Morgan fingerprint density at radius 3 is 2.60 bits per heavy atom. The summed E-state index contributed by atoms with van der Waals surface area (Å²) in [5, 5.41) is 12.1. The lowest BCUT2D eigenvalue weighted by molar-refractivity contribution is -0.146. The molecule has 1 aromatic heterocycles. The molecule has 4 atom stereocenters. The van der Waals surface area contributed by atoms with Gasteiger partial charge in [0.05, 0.1) is 11.8 Å². The Balaban J connectivity index is 1.80. The second-order valence-corrected chi connectivity index (χ2v) is 5.49. The Labute approximate surface area is 116 Å². The molecule has 0 aliphatic heterocycles. The molecule has 5 nitrogen and oxygen atoms in total. The highest BCUT2D eigenvalue weighted by Gasteiger charge is 2.51. The van der Waals surface area contributed by atoms with Crippen LogP contribution >= 0.6 is 0 Å². The number of nitrogens with zero attached hydrogens (tertiary/aromatic N) is 1.